The van der Waals surface area contributed by atoms with E-state index >= 15 is 0 Å². The molecule has 0 spiro atoms. The average molecular weight is 301 g/mol. The molecular formula is C14H20FNO3S. The fraction of sp³-hybridized carbons (Fsp3) is 0.571. The van der Waals surface area contributed by atoms with E-state index in [1.54, 1.807) is 12.1 Å². The molecular weight excluding hydrogens is 281 g/mol. The number of sulfone groups is 1. The molecule has 20 heavy (non-hydrogen) atoms. The number of hydrogen-bond acceptors (Lipinski definition) is 4. The smallest absolute Gasteiger partial charge is 0.165 e. The molecule has 1 fully saturated rings. The SMILES string of the molecule is COc1ccc(CC(CN)C2CCS(=O)(=O)C2)cc1F. The van der Waals surface area contributed by atoms with Gasteiger partial charge in [0.15, 0.2) is 21.4 Å². The van der Waals surface area contributed by atoms with Crippen molar-refractivity contribution < 1.29 is 17.5 Å². The van der Waals surface area contributed by atoms with Crippen LogP contribution in [0, 0.1) is 17.7 Å². The summed E-state index contributed by atoms with van der Waals surface area (Å²) in [5.41, 5.74) is 6.59. The van der Waals surface area contributed by atoms with Gasteiger partial charge in [-0.1, -0.05) is 6.07 Å². The number of methoxy groups -OCH3 is 1. The van der Waals surface area contributed by atoms with Crippen LogP contribution < -0.4 is 10.5 Å². The van der Waals surface area contributed by atoms with Gasteiger partial charge in [-0.2, -0.15) is 0 Å². The van der Waals surface area contributed by atoms with Crippen LogP contribution in [-0.2, 0) is 16.3 Å². The largest absolute Gasteiger partial charge is 0.494 e. The van der Waals surface area contributed by atoms with Gasteiger partial charge in [-0.05, 0) is 48.9 Å². The summed E-state index contributed by atoms with van der Waals surface area (Å²) >= 11 is 0. The number of rotatable bonds is 5. The minimum Gasteiger partial charge on any atom is -0.494 e. The van der Waals surface area contributed by atoms with Crippen LogP contribution >= 0.6 is 0 Å². The lowest BCUT2D eigenvalue weighted by atomic mass is 9.86. The van der Waals surface area contributed by atoms with E-state index in [1.807, 2.05) is 0 Å². The molecule has 0 saturated carbocycles. The zero-order valence-corrected chi connectivity index (χ0v) is 12.3. The van der Waals surface area contributed by atoms with Gasteiger partial charge in [0.05, 0.1) is 18.6 Å². The summed E-state index contributed by atoms with van der Waals surface area (Å²) < 4.78 is 41.6. The fourth-order valence-corrected chi connectivity index (χ4v) is 4.70. The van der Waals surface area contributed by atoms with Crippen LogP contribution in [0.25, 0.3) is 0 Å². The molecule has 0 aliphatic carbocycles. The Balaban J connectivity index is 2.09. The first kappa shape index (κ1) is 15.3. The second-order valence-electron chi connectivity index (χ2n) is 5.33. The van der Waals surface area contributed by atoms with E-state index in [0.29, 0.717) is 19.4 Å². The van der Waals surface area contributed by atoms with Crippen LogP contribution in [0.3, 0.4) is 0 Å². The molecule has 0 bridgehead atoms. The Labute approximate surface area is 119 Å². The molecule has 1 aliphatic rings. The third-order valence-electron chi connectivity index (χ3n) is 3.95. The summed E-state index contributed by atoms with van der Waals surface area (Å²) in [4.78, 5) is 0. The van der Waals surface area contributed by atoms with Gasteiger partial charge in [0.1, 0.15) is 0 Å². The van der Waals surface area contributed by atoms with Gasteiger partial charge in [-0.15, -0.1) is 0 Å². The van der Waals surface area contributed by atoms with Crippen molar-refractivity contribution in [2.24, 2.45) is 17.6 Å². The first-order valence-electron chi connectivity index (χ1n) is 6.68. The van der Waals surface area contributed by atoms with Gasteiger partial charge in [-0.25, -0.2) is 12.8 Å². The molecule has 1 heterocycles. The first-order valence-corrected chi connectivity index (χ1v) is 8.50. The molecule has 2 N–H and O–H groups in total. The Morgan fingerprint density at radius 3 is 2.75 bits per heavy atom. The topological polar surface area (TPSA) is 69.4 Å². The van der Waals surface area contributed by atoms with Crippen molar-refractivity contribution in [2.75, 3.05) is 25.2 Å². The maximum Gasteiger partial charge on any atom is 0.165 e. The third-order valence-corrected chi connectivity index (χ3v) is 5.74. The molecule has 112 valence electrons. The molecule has 2 rings (SSSR count). The Morgan fingerprint density at radius 1 is 1.50 bits per heavy atom. The molecule has 1 saturated heterocycles. The van der Waals surface area contributed by atoms with E-state index < -0.39 is 15.7 Å². The Morgan fingerprint density at radius 2 is 2.25 bits per heavy atom. The van der Waals surface area contributed by atoms with E-state index in [-0.39, 0.29) is 29.1 Å². The number of benzene rings is 1. The number of nitrogens with two attached hydrogens (primary N) is 1. The van der Waals surface area contributed by atoms with Crippen LogP contribution in [0.2, 0.25) is 0 Å². The highest BCUT2D eigenvalue weighted by Gasteiger charge is 2.33. The minimum absolute atomic E-state index is 0.0695. The molecule has 0 aromatic heterocycles. The van der Waals surface area contributed by atoms with Crippen LogP contribution in [0.15, 0.2) is 18.2 Å². The predicted octanol–water partition coefficient (Wildman–Crippen LogP) is 1.39. The summed E-state index contributed by atoms with van der Waals surface area (Å²) in [6, 6.07) is 4.82. The Kier molecular flexibility index (Phi) is 4.65. The van der Waals surface area contributed by atoms with Crippen molar-refractivity contribution in [1.82, 2.24) is 0 Å². The lowest BCUT2D eigenvalue weighted by Crippen LogP contribution is -2.26. The van der Waals surface area contributed by atoms with Crippen LogP contribution in [0.1, 0.15) is 12.0 Å². The van der Waals surface area contributed by atoms with Gasteiger partial charge in [0.25, 0.3) is 0 Å². The van der Waals surface area contributed by atoms with E-state index in [4.69, 9.17) is 10.5 Å². The van der Waals surface area contributed by atoms with Crippen molar-refractivity contribution in [1.29, 1.82) is 0 Å². The Bertz CT molecular complexity index is 574. The number of ether oxygens (including phenoxy) is 1. The average Bonchev–Trinajstić information content (AvgIpc) is 2.76. The van der Waals surface area contributed by atoms with Crippen LogP contribution in [0.5, 0.6) is 5.75 Å². The molecule has 1 aromatic rings. The third kappa shape index (κ3) is 3.49. The summed E-state index contributed by atoms with van der Waals surface area (Å²) in [6.45, 7) is 0.411. The second-order valence-corrected chi connectivity index (χ2v) is 7.56. The van der Waals surface area contributed by atoms with Crippen molar-refractivity contribution in [3.63, 3.8) is 0 Å². The minimum atomic E-state index is -2.91. The van der Waals surface area contributed by atoms with Gasteiger partial charge in [0, 0.05) is 0 Å². The number of hydrogen-bond donors (Lipinski definition) is 1. The van der Waals surface area contributed by atoms with Crippen molar-refractivity contribution in [2.45, 2.75) is 12.8 Å². The zero-order chi connectivity index (χ0) is 14.8. The second kappa shape index (κ2) is 6.10. The molecule has 1 aromatic carbocycles. The lowest BCUT2D eigenvalue weighted by molar-refractivity contribution is 0.367. The van der Waals surface area contributed by atoms with Gasteiger partial charge < -0.3 is 10.5 Å². The normalized spacial score (nSPS) is 22.6. The maximum absolute atomic E-state index is 13.7. The van der Waals surface area contributed by atoms with E-state index in [9.17, 15) is 12.8 Å². The summed E-state index contributed by atoms with van der Waals surface area (Å²) in [6.07, 6.45) is 1.25. The standard InChI is InChI=1S/C14H20FNO3S/c1-19-14-3-2-10(7-13(14)15)6-12(8-16)11-4-5-20(17,18)9-11/h2-3,7,11-12H,4-6,8-9,16H2,1H3. The summed E-state index contributed by atoms with van der Waals surface area (Å²) in [5, 5.41) is 0. The van der Waals surface area contributed by atoms with E-state index in [1.165, 1.54) is 13.2 Å². The summed E-state index contributed by atoms with van der Waals surface area (Å²) in [7, 11) is -1.49. The van der Waals surface area contributed by atoms with Crippen LogP contribution in [-0.4, -0.2) is 33.6 Å². The Hall–Kier alpha value is -1.14. The van der Waals surface area contributed by atoms with Crippen molar-refractivity contribution in [3.05, 3.63) is 29.6 Å². The number of halogens is 1. The highest BCUT2D eigenvalue weighted by Crippen LogP contribution is 2.29. The van der Waals surface area contributed by atoms with Crippen molar-refractivity contribution >= 4 is 9.84 Å². The fourth-order valence-electron chi connectivity index (χ4n) is 2.78. The van der Waals surface area contributed by atoms with Gasteiger partial charge in [-0.3, -0.25) is 0 Å². The molecule has 2 atom stereocenters. The molecule has 1 aliphatic heterocycles. The molecule has 2 unspecified atom stereocenters. The van der Waals surface area contributed by atoms with Gasteiger partial charge in [0.2, 0.25) is 0 Å². The monoisotopic (exact) mass is 301 g/mol. The van der Waals surface area contributed by atoms with E-state index in [2.05, 4.69) is 0 Å². The molecule has 4 nitrogen and oxygen atoms in total. The van der Waals surface area contributed by atoms with Crippen LogP contribution in [0.4, 0.5) is 4.39 Å². The van der Waals surface area contributed by atoms with E-state index in [0.717, 1.165) is 5.56 Å². The highest BCUT2D eigenvalue weighted by atomic mass is 32.2. The molecule has 0 amide bonds. The molecule has 6 heteroatoms. The quantitative estimate of drug-likeness (QED) is 0.892. The van der Waals surface area contributed by atoms with Crippen molar-refractivity contribution in [3.8, 4) is 5.75 Å². The summed E-state index contributed by atoms with van der Waals surface area (Å²) in [5.74, 6) is 0.398. The highest BCUT2D eigenvalue weighted by molar-refractivity contribution is 7.91. The van der Waals surface area contributed by atoms with Gasteiger partial charge >= 0.3 is 0 Å². The maximum atomic E-state index is 13.7. The lowest BCUT2D eigenvalue weighted by Gasteiger charge is -2.21. The predicted molar refractivity (Wildman–Crippen MR) is 76.0 cm³/mol. The molecule has 0 radical (unpaired) electrons. The zero-order valence-electron chi connectivity index (χ0n) is 11.5. The first-order chi connectivity index (χ1) is 9.45.